The van der Waals surface area contributed by atoms with E-state index in [0.29, 0.717) is 19.0 Å². The highest BCUT2D eigenvalue weighted by Crippen LogP contribution is 2.25. The first-order valence-corrected chi connectivity index (χ1v) is 7.05. The lowest BCUT2D eigenvalue weighted by Crippen LogP contribution is -2.36. The molecule has 0 heterocycles. The van der Waals surface area contributed by atoms with Crippen LogP contribution >= 0.6 is 11.6 Å². The third-order valence-corrected chi connectivity index (χ3v) is 3.10. The van der Waals surface area contributed by atoms with Crippen LogP contribution in [0.4, 0.5) is 5.69 Å². The number of nitro benzene ring substituents is 1. The number of carbonyl (C=O) groups excluding carboxylic acids is 1. The molecule has 1 amide bonds. The summed E-state index contributed by atoms with van der Waals surface area (Å²) in [6, 6.07) is 4.66. The zero-order valence-corrected chi connectivity index (χ0v) is 13.2. The summed E-state index contributed by atoms with van der Waals surface area (Å²) >= 11 is 5.76. The minimum Gasteiger partial charge on any atom is -0.355 e. The summed E-state index contributed by atoms with van der Waals surface area (Å²) in [6.45, 7) is 5.36. The standard InChI is InChI=1S/C14H20ClN3O3/c1-10(2)7-16-14(19)9-17(3)8-11-4-5-12(15)13(6-11)18(20)21/h4-6,10H,7-9H2,1-3H3,(H,16,19). The van der Waals surface area contributed by atoms with Gasteiger partial charge in [0.25, 0.3) is 5.69 Å². The number of amides is 1. The van der Waals surface area contributed by atoms with Gasteiger partial charge in [0.15, 0.2) is 0 Å². The third-order valence-electron chi connectivity index (χ3n) is 2.78. The Balaban J connectivity index is 2.58. The topological polar surface area (TPSA) is 75.5 Å². The van der Waals surface area contributed by atoms with Crippen molar-refractivity contribution in [3.05, 3.63) is 38.9 Å². The smallest absolute Gasteiger partial charge is 0.288 e. The number of likely N-dealkylation sites (N-methyl/N-ethyl adjacent to an activating group) is 1. The number of nitrogens with one attached hydrogen (secondary N) is 1. The summed E-state index contributed by atoms with van der Waals surface area (Å²) in [7, 11) is 1.79. The molecule has 21 heavy (non-hydrogen) atoms. The van der Waals surface area contributed by atoms with E-state index < -0.39 is 4.92 Å². The summed E-state index contributed by atoms with van der Waals surface area (Å²) in [5.41, 5.74) is 0.622. The zero-order chi connectivity index (χ0) is 16.0. The monoisotopic (exact) mass is 313 g/mol. The molecule has 0 spiro atoms. The highest BCUT2D eigenvalue weighted by molar-refractivity contribution is 6.32. The van der Waals surface area contributed by atoms with E-state index in [1.165, 1.54) is 12.1 Å². The molecule has 0 aliphatic rings. The molecule has 6 nitrogen and oxygen atoms in total. The predicted molar refractivity (Wildman–Crippen MR) is 82.3 cm³/mol. The molecular weight excluding hydrogens is 294 g/mol. The minimum atomic E-state index is -0.513. The molecule has 1 rings (SSSR count). The number of hydrogen-bond acceptors (Lipinski definition) is 4. The van der Waals surface area contributed by atoms with Crippen molar-refractivity contribution >= 4 is 23.2 Å². The predicted octanol–water partition coefficient (Wildman–Crippen LogP) is 2.45. The van der Waals surface area contributed by atoms with Crippen LogP contribution in [-0.4, -0.2) is 35.9 Å². The molecule has 1 aromatic rings. The van der Waals surface area contributed by atoms with Crippen LogP contribution in [0.3, 0.4) is 0 Å². The van der Waals surface area contributed by atoms with Crippen LogP contribution in [-0.2, 0) is 11.3 Å². The lowest BCUT2D eigenvalue weighted by Gasteiger charge is -2.17. The van der Waals surface area contributed by atoms with Gasteiger partial charge in [-0.15, -0.1) is 0 Å². The van der Waals surface area contributed by atoms with Crippen LogP contribution in [0.2, 0.25) is 5.02 Å². The Bertz CT molecular complexity index is 520. The molecule has 1 aromatic carbocycles. The highest BCUT2D eigenvalue weighted by Gasteiger charge is 2.14. The van der Waals surface area contributed by atoms with Crippen LogP contribution < -0.4 is 5.32 Å². The van der Waals surface area contributed by atoms with Crippen molar-refractivity contribution in [2.24, 2.45) is 5.92 Å². The first-order chi connectivity index (χ1) is 9.79. The maximum Gasteiger partial charge on any atom is 0.288 e. The summed E-state index contributed by atoms with van der Waals surface area (Å²) < 4.78 is 0. The van der Waals surface area contributed by atoms with Crippen LogP contribution in [0.15, 0.2) is 18.2 Å². The number of halogens is 1. The van der Waals surface area contributed by atoms with Crippen molar-refractivity contribution in [3.63, 3.8) is 0 Å². The normalized spacial score (nSPS) is 11.0. The van der Waals surface area contributed by atoms with Crippen LogP contribution in [0.5, 0.6) is 0 Å². The largest absolute Gasteiger partial charge is 0.355 e. The van der Waals surface area contributed by atoms with Crippen molar-refractivity contribution in [2.45, 2.75) is 20.4 Å². The Morgan fingerprint density at radius 3 is 2.71 bits per heavy atom. The van der Waals surface area contributed by atoms with Crippen molar-refractivity contribution in [2.75, 3.05) is 20.1 Å². The van der Waals surface area contributed by atoms with Gasteiger partial charge in [0.2, 0.25) is 5.91 Å². The number of nitrogens with zero attached hydrogens (tertiary/aromatic N) is 2. The average molecular weight is 314 g/mol. The number of carbonyl (C=O) groups is 1. The summed E-state index contributed by atoms with van der Waals surface area (Å²) in [6.07, 6.45) is 0. The number of benzene rings is 1. The maximum absolute atomic E-state index is 11.7. The van der Waals surface area contributed by atoms with Gasteiger partial charge >= 0.3 is 0 Å². The molecule has 7 heteroatoms. The molecule has 0 fully saturated rings. The second-order valence-electron chi connectivity index (χ2n) is 5.41. The fourth-order valence-corrected chi connectivity index (χ4v) is 1.97. The van der Waals surface area contributed by atoms with Gasteiger partial charge in [-0.2, -0.15) is 0 Å². The van der Waals surface area contributed by atoms with Crippen molar-refractivity contribution in [1.29, 1.82) is 0 Å². The Hall–Kier alpha value is -1.66. The van der Waals surface area contributed by atoms with Crippen molar-refractivity contribution in [3.8, 4) is 0 Å². The van der Waals surface area contributed by atoms with Crippen molar-refractivity contribution < 1.29 is 9.72 Å². The van der Waals surface area contributed by atoms with Gasteiger partial charge in [0, 0.05) is 19.2 Å². The molecule has 0 aliphatic heterocycles. The van der Waals surface area contributed by atoms with Crippen LogP contribution in [0, 0.1) is 16.0 Å². The van der Waals surface area contributed by atoms with Gasteiger partial charge in [-0.05, 0) is 24.6 Å². The average Bonchev–Trinajstić information content (AvgIpc) is 2.38. The Labute approximate surface area is 129 Å². The van der Waals surface area contributed by atoms with Gasteiger partial charge in [-0.25, -0.2) is 0 Å². The van der Waals surface area contributed by atoms with Gasteiger partial charge < -0.3 is 5.32 Å². The molecule has 0 unspecified atom stereocenters. The number of rotatable bonds is 7. The van der Waals surface area contributed by atoms with Gasteiger partial charge in [-0.3, -0.25) is 19.8 Å². The first kappa shape index (κ1) is 17.4. The SMILES string of the molecule is CC(C)CNC(=O)CN(C)Cc1ccc(Cl)c([N+](=O)[O-])c1. The quantitative estimate of drug-likeness (QED) is 0.619. The van der Waals surface area contributed by atoms with Gasteiger partial charge in [0.05, 0.1) is 11.5 Å². The molecule has 0 atom stereocenters. The Morgan fingerprint density at radius 1 is 1.48 bits per heavy atom. The third kappa shape index (κ3) is 6.10. The molecule has 0 radical (unpaired) electrons. The lowest BCUT2D eigenvalue weighted by atomic mass is 10.2. The van der Waals surface area contributed by atoms with E-state index in [4.69, 9.17) is 11.6 Å². The van der Waals surface area contributed by atoms with E-state index in [-0.39, 0.29) is 23.2 Å². The van der Waals surface area contributed by atoms with Crippen molar-refractivity contribution in [1.82, 2.24) is 10.2 Å². The van der Waals surface area contributed by atoms with Crippen LogP contribution in [0.1, 0.15) is 19.4 Å². The summed E-state index contributed by atoms with van der Waals surface area (Å²) in [5.74, 6) is 0.341. The van der Waals surface area contributed by atoms with E-state index in [9.17, 15) is 14.9 Å². The molecule has 0 saturated carbocycles. The van der Waals surface area contributed by atoms with E-state index >= 15 is 0 Å². The second-order valence-corrected chi connectivity index (χ2v) is 5.82. The molecule has 0 saturated heterocycles. The zero-order valence-electron chi connectivity index (χ0n) is 12.4. The van der Waals surface area contributed by atoms with E-state index in [2.05, 4.69) is 5.32 Å². The van der Waals surface area contributed by atoms with Crippen LogP contribution in [0.25, 0.3) is 0 Å². The van der Waals surface area contributed by atoms with Gasteiger partial charge in [0.1, 0.15) is 5.02 Å². The van der Waals surface area contributed by atoms with E-state index in [1.54, 1.807) is 18.0 Å². The Morgan fingerprint density at radius 2 is 2.14 bits per heavy atom. The summed E-state index contributed by atoms with van der Waals surface area (Å²) in [4.78, 5) is 23.8. The second kappa shape index (κ2) is 7.95. The van der Waals surface area contributed by atoms with E-state index in [0.717, 1.165) is 5.56 Å². The first-order valence-electron chi connectivity index (χ1n) is 6.67. The van der Waals surface area contributed by atoms with Gasteiger partial charge in [-0.1, -0.05) is 31.5 Å². The molecule has 0 aromatic heterocycles. The molecule has 0 bridgehead atoms. The number of hydrogen-bond donors (Lipinski definition) is 1. The lowest BCUT2D eigenvalue weighted by molar-refractivity contribution is -0.384. The summed E-state index contributed by atoms with van der Waals surface area (Å²) in [5, 5.41) is 13.8. The fourth-order valence-electron chi connectivity index (χ4n) is 1.78. The minimum absolute atomic E-state index is 0.0605. The Kier molecular flexibility index (Phi) is 6.58. The maximum atomic E-state index is 11.7. The highest BCUT2D eigenvalue weighted by atomic mass is 35.5. The number of nitro groups is 1. The van der Waals surface area contributed by atoms with E-state index in [1.807, 2.05) is 13.8 Å². The fraction of sp³-hybridized carbons (Fsp3) is 0.500. The molecule has 1 N–H and O–H groups in total. The molecule has 116 valence electrons. The molecular formula is C14H20ClN3O3. The molecule has 0 aliphatic carbocycles.